The summed E-state index contributed by atoms with van der Waals surface area (Å²) in [6.45, 7) is 9.80. The van der Waals surface area contributed by atoms with Gasteiger partial charge in [0.05, 0.1) is 11.9 Å². The van der Waals surface area contributed by atoms with Crippen LogP contribution in [0.4, 0.5) is 5.69 Å². The van der Waals surface area contributed by atoms with E-state index in [1.165, 1.54) is 4.90 Å². The zero-order valence-corrected chi connectivity index (χ0v) is 21.1. The second kappa shape index (κ2) is 11.3. The number of hydrogen-bond acceptors (Lipinski definition) is 4. The highest BCUT2D eigenvalue weighted by Crippen LogP contribution is 2.20. The van der Waals surface area contributed by atoms with E-state index in [-0.39, 0.29) is 18.4 Å². The van der Waals surface area contributed by atoms with Crippen molar-refractivity contribution in [1.82, 2.24) is 10.2 Å². The monoisotopic (exact) mass is 473 g/mol. The number of sulfonamides is 1. The van der Waals surface area contributed by atoms with Gasteiger partial charge >= 0.3 is 0 Å². The SMILES string of the molecule is Cc1ccc(N(CC(=O)N(Cc2ccccc2C)C(C)C(=O)NCC(C)C)S(C)(=O)=O)cc1. The topological polar surface area (TPSA) is 86.8 Å². The van der Waals surface area contributed by atoms with Crippen LogP contribution in [0.5, 0.6) is 0 Å². The molecule has 2 aromatic rings. The zero-order chi connectivity index (χ0) is 24.8. The summed E-state index contributed by atoms with van der Waals surface area (Å²) in [7, 11) is -3.72. The van der Waals surface area contributed by atoms with Gasteiger partial charge in [-0.25, -0.2) is 8.42 Å². The quantitative estimate of drug-likeness (QED) is 0.574. The van der Waals surface area contributed by atoms with Crippen LogP contribution in [0.2, 0.25) is 0 Å². The molecule has 0 aliphatic rings. The van der Waals surface area contributed by atoms with E-state index in [9.17, 15) is 18.0 Å². The molecule has 0 heterocycles. The van der Waals surface area contributed by atoms with E-state index in [1.54, 1.807) is 31.2 Å². The molecule has 7 nitrogen and oxygen atoms in total. The number of nitrogens with one attached hydrogen (secondary N) is 1. The Hall–Kier alpha value is -2.87. The van der Waals surface area contributed by atoms with Gasteiger partial charge in [-0.15, -0.1) is 0 Å². The molecule has 8 heteroatoms. The smallest absolute Gasteiger partial charge is 0.244 e. The minimum Gasteiger partial charge on any atom is -0.354 e. The van der Waals surface area contributed by atoms with Crippen LogP contribution >= 0.6 is 0 Å². The Morgan fingerprint density at radius 3 is 2.12 bits per heavy atom. The molecule has 1 unspecified atom stereocenters. The third-order valence-corrected chi connectivity index (χ3v) is 6.60. The summed E-state index contributed by atoms with van der Waals surface area (Å²) in [5.41, 5.74) is 3.28. The van der Waals surface area contributed by atoms with Gasteiger partial charge in [-0.05, 0) is 49.9 Å². The molecule has 0 aliphatic heterocycles. The molecule has 0 aromatic heterocycles. The van der Waals surface area contributed by atoms with Crippen molar-refractivity contribution in [3.05, 3.63) is 65.2 Å². The number of nitrogens with zero attached hydrogens (tertiary/aromatic N) is 2. The molecule has 180 valence electrons. The van der Waals surface area contributed by atoms with Gasteiger partial charge in [0.2, 0.25) is 21.8 Å². The molecule has 0 fully saturated rings. The number of carbonyl (C=O) groups excluding carboxylic acids is 2. The summed E-state index contributed by atoms with van der Waals surface area (Å²) in [5, 5.41) is 2.87. The van der Waals surface area contributed by atoms with Crippen molar-refractivity contribution in [1.29, 1.82) is 0 Å². The van der Waals surface area contributed by atoms with Gasteiger partial charge in [-0.2, -0.15) is 0 Å². The number of aryl methyl sites for hydroxylation is 2. The number of carbonyl (C=O) groups is 2. The van der Waals surface area contributed by atoms with Crippen LogP contribution in [0.1, 0.15) is 37.5 Å². The van der Waals surface area contributed by atoms with Gasteiger partial charge in [0.15, 0.2) is 0 Å². The van der Waals surface area contributed by atoms with Crippen LogP contribution in [-0.4, -0.2) is 50.5 Å². The second-order valence-corrected chi connectivity index (χ2v) is 10.8. The van der Waals surface area contributed by atoms with Crippen LogP contribution < -0.4 is 9.62 Å². The maximum atomic E-state index is 13.5. The Balaban J connectivity index is 2.36. The van der Waals surface area contributed by atoms with E-state index < -0.39 is 28.5 Å². The number of anilines is 1. The fourth-order valence-corrected chi connectivity index (χ4v) is 4.18. The predicted octanol–water partition coefficient (Wildman–Crippen LogP) is 3.26. The first-order valence-corrected chi connectivity index (χ1v) is 12.9. The molecule has 1 N–H and O–H groups in total. The molecule has 1 atom stereocenters. The predicted molar refractivity (Wildman–Crippen MR) is 132 cm³/mol. The molecule has 2 rings (SSSR count). The number of rotatable bonds is 10. The number of hydrogen-bond donors (Lipinski definition) is 1. The molecule has 0 saturated carbocycles. The fourth-order valence-electron chi connectivity index (χ4n) is 3.33. The van der Waals surface area contributed by atoms with E-state index in [2.05, 4.69) is 5.32 Å². The highest BCUT2D eigenvalue weighted by molar-refractivity contribution is 7.92. The van der Waals surface area contributed by atoms with Crippen LogP contribution in [0.25, 0.3) is 0 Å². The molecule has 0 spiro atoms. The first kappa shape index (κ1) is 26.4. The van der Waals surface area contributed by atoms with Crippen molar-refractivity contribution in [3.63, 3.8) is 0 Å². The lowest BCUT2D eigenvalue weighted by Gasteiger charge is -2.32. The molecule has 2 amide bonds. The van der Waals surface area contributed by atoms with E-state index in [4.69, 9.17) is 0 Å². The summed E-state index contributed by atoms with van der Waals surface area (Å²) in [5.74, 6) is -0.452. The first-order chi connectivity index (χ1) is 15.4. The van der Waals surface area contributed by atoms with Crippen molar-refractivity contribution < 1.29 is 18.0 Å². The van der Waals surface area contributed by atoms with Gasteiger partial charge in [-0.3, -0.25) is 13.9 Å². The molecule has 33 heavy (non-hydrogen) atoms. The van der Waals surface area contributed by atoms with Crippen LogP contribution in [-0.2, 0) is 26.2 Å². The third kappa shape index (κ3) is 7.60. The Labute approximate surface area is 197 Å². The number of amides is 2. The van der Waals surface area contributed by atoms with E-state index in [0.29, 0.717) is 12.2 Å². The van der Waals surface area contributed by atoms with Gasteiger partial charge < -0.3 is 10.2 Å². The largest absolute Gasteiger partial charge is 0.354 e. The second-order valence-electron chi connectivity index (χ2n) is 8.87. The molecule has 0 radical (unpaired) electrons. The lowest BCUT2D eigenvalue weighted by atomic mass is 10.1. The Bertz CT molecular complexity index is 1070. The zero-order valence-electron chi connectivity index (χ0n) is 20.3. The normalized spacial score (nSPS) is 12.3. The lowest BCUT2D eigenvalue weighted by molar-refractivity contribution is -0.139. The van der Waals surface area contributed by atoms with E-state index in [1.807, 2.05) is 52.0 Å². The summed E-state index contributed by atoms with van der Waals surface area (Å²) in [4.78, 5) is 27.8. The van der Waals surface area contributed by atoms with E-state index >= 15 is 0 Å². The van der Waals surface area contributed by atoms with E-state index in [0.717, 1.165) is 27.3 Å². The standard InChI is InChI=1S/C25H35N3O4S/c1-18(2)15-26-25(30)21(5)27(16-22-10-8-7-9-20(22)4)24(29)17-28(33(6,31)32)23-13-11-19(3)12-14-23/h7-14,18,21H,15-17H2,1-6H3,(H,26,30). The van der Waals surface area contributed by atoms with Crippen LogP contribution in [0, 0.1) is 19.8 Å². The summed E-state index contributed by atoms with van der Waals surface area (Å²) in [6.07, 6.45) is 1.07. The summed E-state index contributed by atoms with van der Waals surface area (Å²) >= 11 is 0. The Morgan fingerprint density at radius 1 is 0.970 bits per heavy atom. The highest BCUT2D eigenvalue weighted by Gasteiger charge is 2.30. The molecular weight excluding hydrogens is 438 g/mol. The van der Waals surface area contributed by atoms with Gasteiger partial charge in [-0.1, -0.05) is 55.8 Å². The van der Waals surface area contributed by atoms with Gasteiger partial charge in [0.1, 0.15) is 12.6 Å². The van der Waals surface area contributed by atoms with Crippen LogP contribution in [0.15, 0.2) is 48.5 Å². The molecule has 0 bridgehead atoms. The minimum absolute atomic E-state index is 0.202. The first-order valence-electron chi connectivity index (χ1n) is 11.1. The third-order valence-electron chi connectivity index (χ3n) is 5.45. The van der Waals surface area contributed by atoms with Crippen molar-refractivity contribution in [2.45, 2.75) is 47.2 Å². The Morgan fingerprint density at radius 2 is 1.58 bits per heavy atom. The minimum atomic E-state index is -3.72. The molecular formula is C25H35N3O4S. The molecule has 2 aromatic carbocycles. The van der Waals surface area contributed by atoms with Crippen molar-refractivity contribution in [2.75, 3.05) is 23.7 Å². The van der Waals surface area contributed by atoms with Gasteiger partial charge in [0, 0.05) is 13.1 Å². The Kier molecular flexibility index (Phi) is 9.05. The summed E-state index contributed by atoms with van der Waals surface area (Å²) in [6, 6.07) is 13.8. The molecule has 0 saturated heterocycles. The summed E-state index contributed by atoms with van der Waals surface area (Å²) < 4.78 is 26.2. The maximum Gasteiger partial charge on any atom is 0.244 e. The van der Waals surface area contributed by atoms with Crippen molar-refractivity contribution >= 4 is 27.5 Å². The lowest BCUT2D eigenvalue weighted by Crippen LogP contribution is -2.51. The molecule has 0 aliphatic carbocycles. The van der Waals surface area contributed by atoms with Crippen molar-refractivity contribution in [2.24, 2.45) is 5.92 Å². The fraction of sp³-hybridized carbons (Fsp3) is 0.440. The van der Waals surface area contributed by atoms with Crippen LogP contribution in [0.3, 0.4) is 0 Å². The maximum absolute atomic E-state index is 13.5. The van der Waals surface area contributed by atoms with Gasteiger partial charge in [0.25, 0.3) is 0 Å². The number of benzene rings is 2. The average Bonchev–Trinajstić information content (AvgIpc) is 2.74. The van der Waals surface area contributed by atoms with Crippen molar-refractivity contribution in [3.8, 4) is 0 Å². The highest BCUT2D eigenvalue weighted by atomic mass is 32.2. The average molecular weight is 474 g/mol.